The van der Waals surface area contributed by atoms with Crippen LogP contribution < -0.4 is 0 Å². The van der Waals surface area contributed by atoms with E-state index in [-0.39, 0.29) is 10.0 Å². The third-order valence-corrected chi connectivity index (χ3v) is 3.44. The zero-order valence-corrected chi connectivity index (χ0v) is 9.06. The van der Waals surface area contributed by atoms with Crippen molar-refractivity contribution in [1.82, 2.24) is 9.97 Å². The quantitative estimate of drug-likeness (QED) is 0.555. The molecule has 0 aliphatic heterocycles. The highest BCUT2D eigenvalue weighted by atomic mass is 35.5. The zero-order valence-electron chi connectivity index (χ0n) is 6.04. The van der Waals surface area contributed by atoms with Crippen LogP contribution in [0.3, 0.4) is 0 Å². The van der Waals surface area contributed by atoms with Crippen molar-refractivity contribution in [1.29, 1.82) is 0 Å². The van der Waals surface area contributed by atoms with Gasteiger partial charge in [-0.25, -0.2) is 4.98 Å². The lowest BCUT2D eigenvalue weighted by atomic mass is 10.3. The van der Waals surface area contributed by atoms with E-state index in [1.807, 2.05) is 0 Å². The van der Waals surface area contributed by atoms with E-state index < -0.39 is 0 Å². The minimum atomic E-state index is 0.230. The molecule has 0 bridgehead atoms. The first-order chi connectivity index (χ1) is 6.13. The van der Waals surface area contributed by atoms with E-state index in [4.69, 9.17) is 46.4 Å². The Hall–Kier alpha value is -0.150. The van der Waals surface area contributed by atoms with E-state index in [0.29, 0.717) is 21.1 Å². The van der Waals surface area contributed by atoms with Gasteiger partial charge in [0.15, 0.2) is 0 Å². The van der Waals surface area contributed by atoms with Crippen LogP contribution >= 0.6 is 46.4 Å². The third-order valence-electron chi connectivity index (χ3n) is 1.64. The molecule has 0 saturated heterocycles. The molecule has 13 heavy (non-hydrogen) atoms. The summed E-state index contributed by atoms with van der Waals surface area (Å²) in [6.07, 6.45) is 1.48. The molecule has 2 rings (SSSR count). The van der Waals surface area contributed by atoms with Gasteiger partial charge in [-0.1, -0.05) is 46.4 Å². The topological polar surface area (TPSA) is 28.7 Å². The van der Waals surface area contributed by atoms with Gasteiger partial charge in [0.2, 0.25) is 0 Å². The fourth-order valence-corrected chi connectivity index (χ4v) is 1.98. The maximum absolute atomic E-state index is 5.90. The number of nitrogens with one attached hydrogen (secondary N) is 1. The molecule has 0 aliphatic rings. The maximum Gasteiger partial charge on any atom is 0.110 e. The molecule has 2 aromatic rings. The molecule has 0 radical (unpaired) electrons. The van der Waals surface area contributed by atoms with Crippen LogP contribution in [0.2, 0.25) is 20.1 Å². The summed E-state index contributed by atoms with van der Waals surface area (Å²) in [6.45, 7) is 0. The predicted octanol–water partition coefficient (Wildman–Crippen LogP) is 4.18. The molecule has 0 saturated carbocycles. The number of H-pyrrole nitrogens is 1. The Morgan fingerprint density at radius 1 is 0.923 bits per heavy atom. The van der Waals surface area contributed by atoms with E-state index in [9.17, 15) is 0 Å². The summed E-state index contributed by atoms with van der Waals surface area (Å²) < 4.78 is 0. The first-order valence-corrected chi connectivity index (χ1v) is 4.79. The van der Waals surface area contributed by atoms with Crippen molar-refractivity contribution in [3.63, 3.8) is 0 Å². The van der Waals surface area contributed by atoms with E-state index in [1.54, 1.807) is 0 Å². The Balaban J connectivity index is 3.02. The van der Waals surface area contributed by atoms with Crippen LogP contribution in [0.1, 0.15) is 0 Å². The number of rotatable bonds is 0. The van der Waals surface area contributed by atoms with Gasteiger partial charge in [-0.2, -0.15) is 0 Å². The van der Waals surface area contributed by atoms with Crippen molar-refractivity contribution in [2.45, 2.75) is 0 Å². The standard InChI is InChI=1S/C7H2Cl4N2/c8-2-3(9)5(11)7-6(4(2)10)12-1-13-7/h1H,(H,12,13). The Morgan fingerprint density at radius 2 is 1.54 bits per heavy atom. The summed E-state index contributed by atoms with van der Waals surface area (Å²) in [5.74, 6) is 0. The second kappa shape index (κ2) is 3.21. The molecule has 0 amide bonds. The Labute approximate surface area is 93.8 Å². The van der Waals surface area contributed by atoms with E-state index in [1.165, 1.54) is 6.33 Å². The molecule has 0 unspecified atom stereocenters. The number of fused-ring (bicyclic) bond motifs is 1. The SMILES string of the molecule is Clc1c(Cl)c(Cl)c2[nH]cnc2c1Cl. The summed E-state index contributed by atoms with van der Waals surface area (Å²) >= 11 is 23.4. The Kier molecular flexibility index (Phi) is 2.32. The van der Waals surface area contributed by atoms with Crippen LogP contribution in [0.15, 0.2) is 6.33 Å². The van der Waals surface area contributed by atoms with Crippen molar-refractivity contribution in [2.24, 2.45) is 0 Å². The van der Waals surface area contributed by atoms with Crippen LogP contribution in [0.25, 0.3) is 11.0 Å². The van der Waals surface area contributed by atoms with E-state index >= 15 is 0 Å². The van der Waals surface area contributed by atoms with Crippen molar-refractivity contribution in [2.75, 3.05) is 0 Å². The lowest BCUT2D eigenvalue weighted by Crippen LogP contribution is -1.79. The smallest absolute Gasteiger partial charge is 0.110 e. The molecule has 1 aromatic heterocycles. The molecule has 1 N–H and O–H groups in total. The molecule has 1 heterocycles. The second-order valence-electron chi connectivity index (χ2n) is 2.38. The lowest BCUT2D eigenvalue weighted by Gasteiger charge is -2.02. The highest BCUT2D eigenvalue weighted by molar-refractivity contribution is 6.54. The Bertz CT molecular complexity index is 435. The number of hydrogen-bond donors (Lipinski definition) is 1. The molecule has 0 spiro atoms. The van der Waals surface area contributed by atoms with Crippen molar-refractivity contribution >= 4 is 57.4 Å². The van der Waals surface area contributed by atoms with Crippen LogP contribution in [0.4, 0.5) is 0 Å². The summed E-state index contributed by atoms with van der Waals surface area (Å²) in [4.78, 5) is 6.79. The number of nitrogens with zero attached hydrogens (tertiary/aromatic N) is 1. The molecule has 6 heteroatoms. The number of hydrogen-bond acceptors (Lipinski definition) is 1. The van der Waals surface area contributed by atoms with E-state index in [2.05, 4.69) is 9.97 Å². The molecule has 2 nitrogen and oxygen atoms in total. The average Bonchev–Trinajstić information content (AvgIpc) is 2.59. The van der Waals surface area contributed by atoms with Gasteiger partial charge in [-0.05, 0) is 0 Å². The predicted molar refractivity (Wildman–Crippen MR) is 56.1 cm³/mol. The van der Waals surface area contributed by atoms with Crippen LogP contribution in [0.5, 0.6) is 0 Å². The highest BCUT2D eigenvalue weighted by Crippen LogP contribution is 2.41. The number of imidazole rings is 1. The van der Waals surface area contributed by atoms with Crippen LogP contribution in [-0.4, -0.2) is 9.97 Å². The average molecular weight is 256 g/mol. The monoisotopic (exact) mass is 254 g/mol. The van der Waals surface area contributed by atoms with E-state index in [0.717, 1.165) is 0 Å². The van der Waals surface area contributed by atoms with Crippen molar-refractivity contribution in [3.05, 3.63) is 26.4 Å². The van der Waals surface area contributed by atoms with Crippen molar-refractivity contribution < 1.29 is 0 Å². The molecule has 0 atom stereocenters. The number of benzene rings is 1. The summed E-state index contributed by atoms with van der Waals surface area (Å²) in [7, 11) is 0. The molecular formula is C7H2Cl4N2. The number of halogens is 4. The molecule has 1 aromatic carbocycles. The highest BCUT2D eigenvalue weighted by Gasteiger charge is 2.15. The minimum Gasteiger partial charge on any atom is -0.343 e. The largest absolute Gasteiger partial charge is 0.343 e. The summed E-state index contributed by atoms with van der Waals surface area (Å²) in [5.41, 5.74) is 1.13. The molecular weight excluding hydrogens is 254 g/mol. The lowest BCUT2D eigenvalue weighted by molar-refractivity contribution is 1.34. The maximum atomic E-state index is 5.90. The fraction of sp³-hybridized carbons (Fsp3) is 0. The first kappa shape index (κ1) is 9.41. The second-order valence-corrected chi connectivity index (χ2v) is 3.89. The van der Waals surface area contributed by atoms with Gasteiger partial charge >= 0.3 is 0 Å². The third kappa shape index (κ3) is 1.29. The zero-order chi connectivity index (χ0) is 9.59. The summed E-state index contributed by atoms with van der Waals surface area (Å²) in [6, 6.07) is 0. The van der Waals surface area contributed by atoms with Gasteiger partial charge < -0.3 is 4.98 Å². The van der Waals surface area contributed by atoms with Gasteiger partial charge in [0.1, 0.15) is 5.52 Å². The van der Waals surface area contributed by atoms with Gasteiger partial charge in [0.25, 0.3) is 0 Å². The van der Waals surface area contributed by atoms with Gasteiger partial charge in [-0.15, -0.1) is 0 Å². The first-order valence-electron chi connectivity index (χ1n) is 3.28. The molecule has 0 fully saturated rings. The van der Waals surface area contributed by atoms with Gasteiger partial charge in [-0.3, -0.25) is 0 Å². The van der Waals surface area contributed by atoms with Crippen LogP contribution in [0, 0.1) is 0 Å². The van der Waals surface area contributed by atoms with Gasteiger partial charge in [0.05, 0.1) is 31.9 Å². The normalized spacial score (nSPS) is 11.1. The molecule has 0 aliphatic carbocycles. The van der Waals surface area contributed by atoms with Crippen molar-refractivity contribution in [3.8, 4) is 0 Å². The number of aromatic nitrogens is 2. The summed E-state index contributed by atoms with van der Waals surface area (Å²) in [5, 5.41) is 1.12. The number of aromatic amines is 1. The molecule has 68 valence electrons. The Morgan fingerprint density at radius 3 is 2.23 bits per heavy atom. The minimum absolute atomic E-state index is 0.230. The van der Waals surface area contributed by atoms with Crippen LogP contribution in [-0.2, 0) is 0 Å². The fourth-order valence-electron chi connectivity index (χ4n) is 1.03. The van der Waals surface area contributed by atoms with Gasteiger partial charge in [0, 0.05) is 0 Å².